The molecule has 0 bridgehead atoms. The highest BCUT2D eigenvalue weighted by molar-refractivity contribution is 5.96. The van der Waals surface area contributed by atoms with Crippen LogP contribution in [0.2, 0.25) is 0 Å². The fourth-order valence-electron chi connectivity index (χ4n) is 4.95. The third kappa shape index (κ3) is 5.36. The average Bonchev–Trinajstić information content (AvgIpc) is 3.68. The molecular weight excluding hydrogens is 546 g/mol. The number of fused-ring (bicyclic) bond motifs is 1. The minimum atomic E-state index is -2.89. The Labute approximate surface area is 239 Å². The topological polar surface area (TPSA) is 110 Å². The molecule has 0 atom stereocenters. The number of amides is 2. The van der Waals surface area contributed by atoms with E-state index in [2.05, 4.69) is 25.0 Å². The van der Waals surface area contributed by atoms with E-state index in [-0.39, 0.29) is 17.7 Å². The van der Waals surface area contributed by atoms with Crippen molar-refractivity contribution in [1.82, 2.24) is 33.7 Å². The third-order valence-electron chi connectivity index (χ3n) is 7.09. The van der Waals surface area contributed by atoms with E-state index in [1.165, 1.54) is 23.0 Å². The van der Waals surface area contributed by atoms with Crippen molar-refractivity contribution in [3.63, 3.8) is 0 Å². The van der Waals surface area contributed by atoms with Crippen molar-refractivity contribution < 1.29 is 23.1 Å². The van der Waals surface area contributed by atoms with E-state index in [0.717, 1.165) is 22.5 Å². The second-order valence-corrected chi connectivity index (χ2v) is 9.70. The predicted octanol–water partition coefficient (Wildman–Crippen LogP) is 4.67. The summed E-state index contributed by atoms with van der Waals surface area (Å²) in [5.74, 6) is 0.502. The zero-order valence-electron chi connectivity index (χ0n) is 22.5. The molecule has 1 aliphatic rings. The van der Waals surface area contributed by atoms with Crippen molar-refractivity contribution in [3.05, 3.63) is 90.9 Å². The van der Waals surface area contributed by atoms with Crippen molar-refractivity contribution in [2.45, 2.75) is 13.5 Å². The smallest absolute Gasteiger partial charge is 0.387 e. The van der Waals surface area contributed by atoms with E-state index < -0.39 is 6.61 Å². The summed E-state index contributed by atoms with van der Waals surface area (Å²) in [6.07, 6.45) is 9.71. The number of nitrogens with one attached hydrogen (secondary N) is 1. The number of hydrogen-bond donors (Lipinski definition) is 1. The summed E-state index contributed by atoms with van der Waals surface area (Å²) in [5.41, 5.74) is 4.21. The molecule has 1 saturated heterocycles. The lowest BCUT2D eigenvalue weighted by Gasteiger charge is -2.34. The van der Waals surface area contributed by atoms with Crippen LogP contribution in [-0.4, -0.2) is 78.4 Å². The number of ether oxygens (including phenoxy) is 1. The zero-order chi connectivity index (χ0) is 29.2. The van der Waals surface area contributed by atoms with Crippen molar-refractivity contribution in [2.75, 3.05) is 31.5 Å². The summed E-state index contributed by atoms with van der Waals surface area (Å²) in [6, 6.07) is 11.6. The Kier molecular flexibility index (Phi) is 7.21. The maximum atomic E-state index is 13.3. The van der Waals surface area contributed by atoms with Gasteiger partial charge in [0.05, 0.1) is 11.9 Å². The van der Waals surface area contributed by atoms with Crippen LogP contribution < -0.4 is 10.1 Å². The molecular formula is C29H26F2N8O3. The van der Waals surface area contributed by atoms with Gasteiger partial charge in [-0.05, 0) is 55.0 Å². The Balaban J connectivity index is 1.14. The van der Waals surface area contributed by atoms with Crippen molar-refractivity contribution in [1.29, 1.82) is 0 Å². The number of carbonyl (C=O) groups excluding carboxylic acids is 2. The van der Waals surface area contributed by atoms with Crippen LogP contribution in [0, 0.1) is 6.92 Å². The van der Waals surface area contributed by atoms with Crippen LogP contribution in [0.3, 0.4) is 0 Å². The fraction of sp³-hybridized carbons (Fsp3) is 0.207. The number of carbonyl (C=O) groups is 2. The summed E-state index contributed by atoms with van der Waals surface area (Å²) in [6.45, 7) is 0.751. The van der Waals surface area contributed by atoms with Crippen molar-refractivity contribution in [3.8, 4) is 17.0 Å². The summed E-state index contributed by atoms with van der Waals surface area (Å²) in [5, 5.41) is 3.29. The second-order valence-electron chi connectivity index (χ2n) is 9.70. The number of benzene rings is 2. The Bertz CT molecular complexity index is 1730. The molecule has 42 heavy (non-hydrogen) atoms. The molecule has 214 valence electrons. The van der Waals surface area contributed by atoms with Crippen LogP contribution >= 0.6 is 0 Å². The first-order valence-corrected chi connectivity index (χ1v) is 13.2. The van der Waals surface area contributed by atoms with Crippen LogP contribution in [0.1, 0.15) is 15.9 Å². The molecule has 5 aromatic rings. The van der Waals surface area contributed by atoms with E-state index in [1.54, 1.807) is 59.0 Å². The van der Waals surface area contributed by atoms with Gasteiger partial charge in [-0.25, -0.2) is 19.7 Å². The number of hydrogen-bond acceptors (Lipinski definition) is 7. The molecule has 6 rings (SSSR count). The lowest BCUT2D eigenvalue weighted by atomic mass is 10.1. The SMILES string of the molecule is Cc1cc(Nc2nccn3c(-c4ccc(OC(F)F)cc4)cnc23)ccc1C(=O)N1CCN(C(=O)n2ccnc2)CC1. The van der Waals surface area contributed by atoms with Gasteiger partial charge in [0.25, 0.3) is 5.91 Å². The van der Waals surface area contributed by atoms with Crippen LogP contribution in [0.15, 0.2) is 79.8 Å². The number of alkyl halides is 2. The second kappa shape index (κ2) is 11.3. The Morgan fingerprint density at radius 2 is 1.71 bits per heavy atom. The number of aryl methyl sites for hydroxylation is 1. The maximum Gasteiger partial charge on any atom is 0.387 e. The summed E-state index contributed by atoms with van der Waals surface area (Å²) >= 11 is 0. The largest absolute Gasteiger partial charge is 0.435 e. The van der Waals surface area contributed by atoms with Gasteiger partial charge in [-0.15, -0.1) is 0 Å². The standard InChI is InChI=1S/C29H26F2N8O3/c1-19-16-21(4-7-23(19)27(40)36-12-14-37(15-13-36)29(41)38-10-8-32-18-38)35-25-26-34-17-24(39(26)11-9-33-25)20-2-5-22(6-3-20)42-28(30)31/h2-11,16-18,28H,12-15H2,1H3,(H,33,35). The lowest BCUT2D eigenvalue weighted by Crippen LogP contribution is -2.51. The van der Waals surface area contributed by atoms with Gasteiger partial charge in [0.15, 0.2) is 11.5 Å². The summed E-state index contributed by atoms with van der Waals surface area (Å²) < 4.78 is 32.7. The van der Waals surface area contributed by atoms with Crippen LogP contribution in [0.5, 0.6) is 5.75 Å². The number of halogens is 2. The van der Waals surface area contributed by atoms with Crippen molar-refractivity contribution in [2.24, 2.45) is 0 Å². The molecule has 2 aromatic carbocycles. The van der Waals surface area contributed by atoms with Gasteiger partial charge in [0.2, 0.25) is 0 Å². The van der Waals surface area contributed by atoms with E-state index in [0.29, 0.717) is 43.2 Å². The van der Waals surface area contributed by atoms with E-state index in [9.17, 15) is 18.4 Å². The van der Waals surface area contributed by atoms with Crippen molar-refractivity contribution >= 4 is 29.1 Å². The fourth-order valence-corrected chi connectivity index (χ4v) is 4.95. The molecule has 11 nitrogen and oxygen atoms in total. The molecule has 0 radical (unpaired) electrons. The number of anilines is 2. The van der Waals surface area contributed by atoms with Crippen LogP contribution in [0.25, 0.3) is 16.9 Å². The van der Waals surface area contributed by atoms with E-state index in [4.69, 9.17) is 0 Å². The molecule has 2 amide bonds. The first-order valence-electron chi connectivity index (χ1n) is 13.2. The van der Waals surface area contributed by atoms with Gasteiger partial charge in [-0.1, -0.05) is 0 Å². The first kappa shape index (κ1) is 26.9. The highest BCUT2D eigenvalue weighted by Crippen LogP contribution is 2.28. The number of rotatable bonds is 6. The van der Waals surface area contributed by atoms with Crippen LogP contribution in [0.4, 0.5) is 25.1 Å². The van der Waals surface area contributed by atoms with Gasteiger partial charge in [-0.3, -0.25) is 13.8 Å². The Morgan fingerprint density at radius 1 is 0.952 bits per heavy atom. The van der Waals surface area contributed by atoms with Gasteiger partial charge < -0.3 is 19.9 Å². The first-order chi connectivity index (χ1) is 20.4. The molecule has 1 aliphatic heterocycles. The summed E-state index contributed by atoms with van der Waals surface area (Å²) in [7, 11) is 0. The maximum absolute atomic E-state index is 13.3. The van der Waals surface area contributed by atoms with Gasteiger partial charge in [0, 0.05) is 67.8 Å². The molecule has 1 fully saturated rings. The van der Waals surface area contributed by atoms with E-state index >= 15 is 0 Å². The molecule has 0 spiro atoms. The Hall–Kier alpha value is -5.33. The zero-order valence-corrected chi connectivity index (χ0v) is 22.5. The molecule has 13 heteroatoms. The molecule has 1 N–H and O–H groups in total. The molecule has 0 saturated carbocycles. The quantitative estimate of drug-likeness (QED) is 0.315. The van der Waals surface area contributed by atoms with Gasteiger partial charge in [-0.2, -0.15) is 8.78 Å². The van der Waals surface area contributed by atoms with E-state index in [1.807, 2.05) is 23.5 Å². The molecule has 4 heterocycles. The minimum absolute atomic E-state index is 0.0758. The average molecular weight is 573 g/mol. The number of nitrogens with zero attached hydrogens (tertiary/aromatic N) is 7. The molecule has 0 unspecified atom stereocenters. The molecule has 0 aliphatic carbocycles. The molecule has 3 aromatic heterocycles. The summed E-state index contributed by atoms with van der Waals surface area (Å²) in [4.78, 5) is 42.2. The number of imidazole rings is 2. The monoisotopic (exact) mass is 572 g/mol. The van der Waals surface area contributed by atoms with Gasteiger partial charge >= 0.3 is 12.6 Å². The highest BCUT2D eigenvalue weighted by atomic mass is 19.3. The third-order valence-corrected chi connectivity index (χ3v) is 7.09. The number of aromatic nitrogens is 5. The Morgan fingerprint density at radius 3 is 2.40 bits per heavy atom. The normalized spacial score (nSPS) is 13.5. The van der Waals surface area contributed by atoms with Gasteiger partial charge in [0.1, 0.15) is 12.1 Å². The predicted molar refractivity (Wildman–Crippen MR) is 150 cm³/mol. The van der Waals surface area contributed by atoms with Crippen LogP contribution in [-0.2, 0) is 0 Å². The lowest BCUT2D eigenvalue weighted by molar-refractivity contribution is -0.0498. The number of piperazine rings is 1. The highest BCUT2D eigenvalue weighted by Gasteiger charge is 2.26. The minimum Gasteiger partial charge on any atom is -0.435 e.